The minimum Gasteiger partial charge on any atom is -0.462 e. The lowest BCUT2D eigenvalue weighted by Crippen LogP contribution is -2.44. The van der Waals surface area contributed by atoms with Crippen LogP contribution >= 0.6 is 0 Å². The maximum atomic E-state index is 13.1. The molecule has 278 valence electrons. The maximum Gasteiger partial charge on any atom is 0.348 e. The Morgan fingerprint density at radius 1 is 1.06 bits per heavy atom. The number of ether oxygens (including phenoxy) is 6. The summed E-state index contributed by atoms with van der Waals surface area (Å²) in [6.07, 6.45) is 1.37. The van der Waals surface area contributed by atoms with E-state index in [1.807, 2.05) is 0 Å². The van der Waals surface area contributed by atoms with Crippen LogP contribution in [-0.2, 0) is 52.4 Å². The van der Waals surface area contributed by atoms with Crippen LogP contribution in [0.3, 0.4) is 0 Å². The molecule has 0 aromatic heterocycles. The van der Waals surface area contributed by atoms with E-state index in [0.717, 1.165) is 0 Å². The van der Waals surface area contributed by atoms with Crippen molar-refractivity contribution in [2.24, 2.45) is 5.41 Å². The molecular formula is C36H46N2O13. The third kappa shape index (κ3) is 11.5. The van der Waals surface area contributed by atoms with Gasteiger partial charge in [0.25, 0.3) is 0 Å². The van der Waals surface area contributed by atoms with Gasteiger partial charge in [-0.05, 0) is 57.0 Å². The number of hydrogen-bond acceptors (Lipinski definition) is 13. The predicted octanol–water partition coefficient (Wildman–Crippen LogP) is 1.90. The third-order valence-corrected chi connectivity index (χ3v) is 8.19. The second kappa shape index (κ2) is 17.1. The van der Waals surface area contributed by atoms with E-state index in [2.05, 4.69) is 10.6 Å². The number of nitrogens with one attached hydrogen (secondary N) is 2. The first-order chi connectivity index (χ1) is 24.0. The van der Waals surface area contributed by atoms with Crippen molar-refractivity contribution < 1.29 is 62.3 Å². The van der Waals surface area contributed by atoms with Crippen molar-refractivity contribution in [3.05, 3.63) is 53.1 Å². The van der Waals surface area contributed by atoms with E-state index in [1.165, 1.54) is 24.3 Å². The zero-order valence-electron chi connectivity index (χ0n) is 29.4. The molecular weight excluding hydrogens is 668 g/mol. The summed E-state index contributed by atoms with van der Waals surface area (Å²) in [5, 5.41) is 15.0. The number of rotatable bonds is 14. The molecule has 1 aromatic rings. The summed E-state index contributed by atoms with van der Waals surface area (Å²) in [5.74, 6) is -3.28. The Hall–Kier alpha value is -4.60. The van der Waals surface area contributed by atoms with Crippen LogP contribution in [0.2, 0.25) is 0 Å². The van der Waals surface area contributed by atoms with Gasteiger partial charge in [0.15, 0.2) is 0 Å². The maximum absolute atomic E-state index is 13.1. The van der Waals surface area contributed by atoms with Crippen molar-refractivity contribution in [1.82, 2.24) is 10.6 Å². The number of cyclic esters (lactones) is 1. The quantitative estimate of drug-likeness (QED) is 0.143. The molecule has 2 fully saturated rings. The summed E-state index contributed by atoms with van der Waals surface area (Å²) >= 11 is 0. The molecule has 2 aliphatic heterocycles. The summed E-state index contributed by atoms with van der Waals surface area (Å²) in [6.45, 7) is 8.52. The lowest BCUT2D eigenvalue weighted by atomic mass is 9.90. The van der Waals surface area contributed by atoms with Gasteiger partial charge in [-0.2, -0.15) is 0 Å². The molecule has 2 saturated heterocycles. The van der Waals surface area contributed by atoms with E-state index in [1.54, 1.807) is 52.8 Å². The van der Waals surface area contributed by atoms with Crippen LogP contribution in [0.5, 0.6) is 0 Å². The lowest BCUT2D eigenvalue weighted by molar-refractivity contribution is -0.159. The Morgan fingerprint density at radius 2 is 1.78 bits per heavy atom. The molecule has 2 amide bonds. The molecule has 0 bridgehead atoms. The highest BCUT2D eigenvalue weighted by atomic mass is 16.7. The molecule has 15 nitrogen and oxygen atoms in total. The predicted molar refractivity (Wildman–Crippen MR) is 178 cm³/mol. The number of carbonyl (C=O) groups excluding carboxylic acids is 6. The Balaban J connectivity index is 1.24. The first-order valence-corrected chi connectivity index (χ1v) is 16.7. The van der Waals surface area contributed by atoms with Gasteiger partial charge in [0, 0.05) is 42.9 Å². The number of hydrogen-bond donors (Lipinski definition) is 3. The Bertz CT molecular complexity index is 1530. The summed E-state index contributed by atoms with van der Waals surface area (Å²) < 4.78 is 32.5. The molecule has 2 heterocycles. The molecule has 1 aliphatic carbocycles. The van der Waals surface area contributed by atoms with Crippen LogP contribution in [-0.4, -0.2) is 103 Å². The standard InChI is InChI=1S/C36H46N2O13/c1-35(2,3)51-29(42)13-11-24(18-39)38-27(40)14-15-37-32(43)23-16-25-30(48-20-47-25)26(17-23)49-33(44)22-9-6-21(7-10-22)8-12-28(41)50-31-34(45)46-19-36(31,4)5/h6-10,12,16,24-26,30-31,39H,11,13-15,17-20H2,1-5H3,(H,37,43)(H,38,40). The van der Waals surface area contributed by atoms with E-state index in [-0.39, 0.29) is 57.8 Å². The first kappa shape index (κ1) is 39.2. The first-order valence-electron chi connectivity index (χ1n) is 16.7. The number of esters is 4. The van der Waals surface area contributed by atoms with Gasteiger partial charge in [0.2, 0.25) is 17.9 Å². The molecule has 3 N–H and O–H groups in total. The molecule has 0 saturated carbocycles. The van der Waals surface area contributed by atoms with E-state index >= 15 is 0 Å². The fourth-order valence-corrected chi connectivity index (χ4v) is 5.51. The second-order valence-electron chi connectivity index (χ2n) is 14.2. The second-order valence-corrected chi connectivity index (χ2v) is 14.2. The average molecular weight is 715 g/mol. The van der Waals surface area contributed by atoms with Crippen LogP contribution in [0.25, 0.3) is 6.08 Å². The van der Waals surface area contributed by atoms with Gasteiger partial charge in [-0.25, -0.2) is 14.4 Å². The fraction of sp³-hybridized carbons (Fsp3) is 0.556. The summed E-state index contributed by atoms with van der Waals surface area (Å²) in [7, 11) is 0. The number of aliphatic hydroxyl groups is 1. The summed E-state index contributed by atoms with van der Waals surface area (Å²) in [6, 6.07) is 5.59. The number of benzene rings is 1. The van der Waals surface area contributed by atoms with E-state index in [0.29, 0.717) is 11.1 Å². The van der Waals surface area contributed by atoms with Crippen molar-refractivity contribution in [1.29, 1.82) is 0 Å². The van der Waals surface area contributed by atoms with Crippen LogP contribution in [0.1, 0.15) is 76.2 Å². The SMILES string of the molecule is CC(C)(C)OC(=O)CCC(CO)NC(=O)CCNC(=O)C1=CC2OCOC2C(OC(=O)c2ccc(C=CC(=O)OC3C(=O)OCC3(C)C)cc2)C1. The van der Waals surface area contributed by atoms with Gasteiger partial charge < -0.3 is 44.2 Å². The number of fused-ring (bicyclic) bond motifs is 1. The van der Waals surface area contributed by atoms with E-state index in [9.17, 15) is 33.9 Å². The molecule has 0 spiro atoms. The number of amides is 2. The zero-order valence-corrected chi connectivity index (χ0v) is 29.4. The monoisotopic (exact) mass is 714 g/mol. The van der Waals surface area contributed by atoms with E-state index in [4.69, 9.17) is 28.4 Å². The molecule has 5 unspecified atom stereocenters. The van der Waals surface area contributed by atoms with Crippen molar-refractivity contribution in [2.75, 3.05) is 26.6 Å². The normalized spacial score (nSPS) is 23.0. The largest absolute Gasteiger partial charge is 0.462 e. The Labute approximate surface area is 296 Å². The van der Waals surface area contributed by atoms with Crippen LogP contribution in [0.4, 0.5) is 0 Å². The topological polar surface area (TPSA) is 202 Å². The minimum atomic E-state index is -0.997. The van der Waals surface area contributed by atoms with Gasteiger partial charge in [0.05, 0.1) is 18.2 Å². The molecule has 3 aliphatic rings. The van der Waals surface area contributed by atoms with Gasteiger partial charge in [-0.3, -0.25) is 14.4 Å². The third-order valence-electron chi connectivity index (χ3n) is 8.19. The van der Waals surface area contributed by atoms with Crippen LogP contribution in [0.15, 0.2) is 42.0 Å². The van der Waals surface area contributed by atoms with Crippen molar-refractivity contribution >= 4 is 41.8 Å². The highest BCUT2D eigenvalue weighted by Crippen LogP contribution is 2.32. The van der Waals surface area contributed by atoms with Crippen molar-refractivity contribution in [2.45, 2.75) is 96.4 Å². The number of carbonyl (C=O) groups is 6. The molecule has 1 aromatic carbocycles. The molecule has 51 heavy (non-hydrogen) atoms. The summed E-state index contributed by atoms with van der Waals surface area (Å²) in [5.41, 5.74) is -0.160. The number of aliphatic hydroxyl groups excluding tert-OH is 1. The van der Waals surface area contributed by atoms with Gasteiger partial charge in [0.1, 0.15) is 37.3 Å². The van der Waals surface area contributed by atoms with Gasteiger partial charge in [-0.1, -0.05) is 26.0 Å². The smallest absolute Gasteiger partial charge is 0.348 e. The van der Waals surface area contributed by atoms with Crippen LogP contribution in [0, 0.1) is 5.41 Å². The molecule has 4 rings (SSSR count). The average Bonchev–Trinajstić information content (AvgIpc) is 3.65. The Kier molecular flexibility index (Phi) is 13.1. The van der Waals surface area contributed by atoms with Crippen molar-refractivity contribution in [3.63, 3.8) is 0 Å². The zero-order chi connectivity index (χ0) is 37.3. The molecule has 15 heteroatoms. The van der Waals surface area contributed by atoms with E-state index < -0.39 is 77.2 Å². The lowest BCUT2D eigenvalue weighted by Gasteiger charge is -2.30. The molecule has 5 atom stereocenters. The molecule has 0 radical (unpaired) electrons. The Morgan fingerprint density at radius 3 is 2.43 bits per heavy atom. The fourth-order valence-electron chi connectivity index (χ4n) is 5.51. The highest BCUT2D eigenvalue weighted by Gasteiger charge is 2.46. The van der Waals surface area contributed by atoms with Crippen molar-refractivity contribution in [3.8, 4) is 0 Å². The van der Waals surface area contributed by atoms with Gasteiger partial charge in [-0.15, -0.1) is 0 Å². The highest BCUT2D eigenvalue weighted by molar-refractivity contribution is 5.95. The summed E-state index contributed by atoms with van der Waals surface area (Å²) in [4.78, 5) is 74.7. The van der Waals surface area contributed by atoms with Crippen LogP contribution < -0.4 is 10.6 Å². The minimum absolute atomic E-state index is 0.00818. The van der Waals surface area contributed by atoms with Gasteiger partial charge >= 0.3 is 23.9 Å².